The third kappa shape index (κ3) is 3.29. The standard InChI is InChI=1S/C13H21NOS/c1-3-4-10-7-13(10)14-8-11-5-6-12(15-11)9-16-2/h5-6,10,13-14H,3-4,7-9H2,1-2H3. The second-order valence-corrected chi connectivity index (χ2v) is 5.44. The number of thioether (sulfide) groups is 1. The summed E-state index contributed by atoms with van der Waals surface area (Å²) in [6.45, 7) is 3.15. The van der Waals surface area contributed by atoms with E-state index in [0.717, 1.165) is 35.8 Å². The highest BCUT2D eigenvalue weighted by atomic mass is 32.2. The summed E-state index contributed by atoms with van der Waals surface area (Å²) in [7, 11) is 0. The average Bonchev–Trinajstić information content (AvgIpc) is 2.85. The molecular formula is C13H21NOS. The fraction of sp³-hybridized carbons (Fsp3) is 0.692. The van der Waals surface area contributed by atoms with Gasteiger partial charge in [-0.15, -0.1) is 0 Å². The van der Waals surface area contributed by atoms with Gasteiger partial charge in [0.2, 0.25) is 0 Å². The van der Waals surface area contributed by atoms with Gasteiger partial charge in [-0.3, -0.25) is 0 Å². The zero-order valence-corrected chi connectivity index (χ0v) is 11.0. The van der Waals surface area contributed by atoms with Crippen molar-refractivity contribution in [3.8, 4) is 0 Å². The van der Waals surface area contributed by atoms with Crippen LogP contribution in [0.15, 0.2) is 16.5 Å². The quantitative estimate of drug-likeness (QED) is 0.789. The molecular weight excluding hydrogens is 218 g/mol. The summed E-state index contributed by atoms with van der Waals surface area (Å²) in [5.41, 5.74) is 0. The van der Waals surface area contributed by atoms with Crippen LogP contribution < -0.4 is 5.32 Å². The summed E-state index contributed by atoms with van der Waals surface area (Å²) >= 11 is 1.80. The molecule has 0 amide bonds. The van der Waals surface area contributed by atoms with Crippen molar-refractivity contribution in [3.05, 3.63) is 23.7 Å². The maximum absolute atomic E-state index is 5.71. The van der Waals surface area contributed by atoms with Gasteiger partial charge >= 0.3 is 0 Å². The maximum Gasteiger partial charge on any atom is 0.118 e. The highest BCUT2D eigenvalue weighted by molar-refractivity contribution is 7.97. The van der Waals surface area contributed by atoms with Gasteiger partial charge in [-0.25, -0.2) is 0 Å². The molecule has 1 N–H and O–H groups in total. The molecule has 2 unspecified atom stereocenters. The van der Waals surface area contributed by atoms with Gasteiger partial charge in [0.15, 0.2) is 0 Å². The van der Waals surface area contributed by atoms with Gasteiger partial charge in [-0.1, -0.05) is 13.3 Å². The molecule has 2 atom stereocenters. The number of rotatable bonds is 7. The Kier molecular flexibility index (Phi) is 4.36. The molecule has 0 aliphatic heterocycles. The van der Waals surface area contributed by atoms with Gasteiger partial charge in [-0.2, -0.15) is 11.8 Å². The topological polar surface area (TPSA) is 25.2 Å². The highest BCUT2D eigenvalue weighted by Gasteiger charge is 2.35. The predicted octanol–water partition coefficient (Wildman–Crippen LogP) is 3.42. The lowest BCUT2D eigenvalue weighted by Crippen LogP contribution is -2.17. The van der Waals surface area contributed by atoms with Crippen molar-refractivity contribution in [2.75, 3.05) is 6.26 Å². The molecule has 0 aromatic carbocycles. The molecule has 2 rings (SSSR count). The Hall–Kier alpha value is -0.410. The zero-order chi connectivity index (χ0) is 11.4. The lowest BCUT2D eigenvalue weighted by Gasteiger charge is -2.01. The van der Waals surface area contributed by atoms with Crippen LogP contribution in [0.25, 0.3) is 0 Å². The summed E-state index contributed by atoms with van der Waals surface area (Å²) in [5, 5.41) is 3.56. The molecule has 2 nitrogen and oxygen atoms in total. The molecule has 1 aromatic heterocycles. The Morgan fingerprint density at radius 2 is 2.25 bits per heavy atom. The van der Waals surface area contributed by atoms with E-state index in [-0.39, 0.29) is 0 Å². The first-order chi connectivity index (χ1) is 7.83. The molecule has 0 bridgehead atoms. The molecule has 1 fully saturated rings. The van der Waals surface area contributed by atoms with Crippen molar-refractivity contribution >= 4 is 11.8 Å². The van der Waals surface area contributed by atoms with E-state index in [1.165, 1.54) is 19.3 Å². The second-order valence-electron chi connectivity index (χ2n) is 4.57. The Morgan fingerprint density at radius 1 is 1.44 bits per heavy atom. The van der Waals surface area contributed by atoms with Crippen LogP contribution in [0.2, 0.25) is 0 Å². The number of hydrogen-bond donors (Lipinski definition) is 1. The zero-order valence-electron chi connectivity index (χ0n) is 10.2. The van der Waals surface area contributed by atoms with Gasteiger partial charge in [0.25, 0.3) is 0 Å². The lowest BCUT2D eigenvalue weighted by molar-refractivity contribution is 0.453. The molecule has 90 valence electrons. The summed E-state index contributed by atoms with van der Waals surface area (Å²) in [5.74, 6) is 4.06. The fourth-order valence-electron chi connectivity index (χ4n) is 2.16. The van der Waals surface area contributed by atoms with Crippen LogP contribution in [0.4, 0.5) is 0 Å². The van der Waals surface area contributed by atoms with E-state index >= 15 is 0 Å². The van der Waals surface area contributed by atoms with E-state index in [9.17, 15) is 0 Å². The van der Waals surface area contributed by atoms with Crippen LogP contribution in [-0.4, -0.2) is 12.3 Å². The molecule has 1 aromatic rings. The first-order valence-electron chi connectivity index (χ1n) is 6.13. The SMILES string of the molecule is CCCC1CC1NCc1ccc(CSC)o1. The molecule has 0 spiro atoms. The minimum atomic E-state index is 0.744. The van der Waals surface area contributed by atoms with E-state index in [1.54, 1.807) is 11.8 Å². The van der Waals surface area contributed by atoms with Crippen LogP contribution in [0.5, 0.6) is 0 Å². The van der Waals surface area contributed by atoms with Crippen LogP contribution >= 0.6 is 11.8 Å². The number of nitrogens with one attached hydrogen (secondary N) is 1. The molecule has 3 heteroatoms. The van der Waals surface area contributed by atoms with Crippen LogP contribution in [-0.2, 0) is 12.3 Å². The first kappa shape index (κ1) is 12.1. The van der Waals surface area contributed by atoms with Gasteiger partial charge in [-0.05, 0) is 37.1 Å². The van der Waals surface area contributed by atoms with E-state index in [4.69, 9.17) is 4.42 Å². The number of furan rings is 1. The Labute approximate surface area is 102 Å². The lowest BCUT2D eigenvalue weighted by atomic mass is 10.2. The molecule has 1 saturated carbocycles. The summed E-state index contributed by atoms with van der Waals surface area (Å²) in [4.78, 5) is 0. The van der Waals surface area contributed by atoms with Gasteiger partial charge in [0.1, 0.15) is 11.5 Å². The van der Waals surface area contributed by atoms with Crippen LogP contribution in [0, 0.1) is 5.92 Å². The Morgan fingerprint density at radius 3 is 3.00 bits per heavy atom. The first-order valence-corrected chi connectivity index (χ1v) is 7.52. The van der Waals surface area contributed by atoms with Crippen molar-refractivity contribution < 1.29 is 4.42 Å². The molecule has 0 radical (unpaired) electrons. The second kappa shape index (κ2) is 5.78. The van der Waals surface area contributed by atoms with Crippen molar-refractivity contribution in [1.82, 2.24) is 5.32 Å². The third-order valence-corrected chi connectivity index (χ3v) is 3.70. The van der Waals surface area contributed by atoms with Gasteiger partial charge in [0, 0.05) is 6.04 Å². The van der Waals surface area contributed by atoms with Crippen molar-refractivity contribution in [3.63, 3.8) is 0 Å². The largest absolute Gasteiger partial charge is 0.464 e. The van der Waals surface area contributed by atoms with Crippen molar-refractivity contribution in [1.29, 1.82) is 0 Å². The van der Waals surface area contributed by atoms with Gasteiger partial charge in [0.05, 0.1) is 12.3 Å². The smallest absolute Gasteiger partial charge is 0.118 e. The van der Waals surface area contributed by atoms with Crippen LogP contribution in [0.1, 0.15) is 37.7 Å². The Bertz CT molecular complexity index is 323. The summed E-state index contributed by atoms with van der Waals surface area (Å²) < 4.78 is 5.71. The van der Waals surface area contributed by atoms with E-state index < -0.39 is 0 Å². The number of hydrogen-bond acceptors (Lipinski definition) is 3. The van der Waals surface area contributed by atoms with E-state index in [1.807, 2.05) is 0 Å². The van der Waals surface area contributed by atoms with Crippen LogP contribution in [0.3, 0.4) is 0 Å². The minimum Gasteiger partial charge on any atom is -0.464 e. The minimum absolute atomic E-state index is 0.744. The van der Waals surface area contributed by atoms with Gasteiger partial charge < -0.3 is 9.73 Å². The normalized spacial score (nSPS) is 23.6. The third-order valence-electron chi connectivity index (χ3n) is 3.12. The van der Waals surface area contributed by atoms with E-state index in [2.05, 4.69) is 30.6 Å². The average molecular weight is 239 g/mol. The van der Waals surface area contributed by atoms with E-state index in [0.29, 0.717) is 0 Å². The Balaban J connectivity index is 1.69. The monoisotopic (exact) mass is 239 g/mol. The fourth-order valence-corrected chi connectivity index (χ4v) is 2.60. The molecule has 1 heterocycles. The van der Waals surface area contributed by atoms with Crippen molar-refractivity contribution in [2.45, 2.75) is 44.5 Å². The molecule has 1 aliphatic rings. The summed E-state index contributed by atoms with van der Waals surface area (Å²) in [6, 6.07) is 4.92. The molecule has 1 aliphatic carbocycles. The molecule has 0 saturated heterocycles. The highest BCUT2D eigenvalue weighted by Crippen LogP contribution is 2.34. The van der Waals surface area contributed by atoms with Crippen molar-refractivity contribution in [2.24, 2.45) is 5.92 Å². The maximum atomic E-state index is 5.71. The summed E-state index contributed by atoms with van der Waals surface area (Å²) in [6.07, 6.45) is 6.13. The molecule has 16 heavy (non-hydrogen) atoms. The predicted molar refractivity (Wildman–Crippen MR) is 69.6 cm³/mol.